The van der Waals surface area contributed by atoms with Gasteiger partial charge in [0, 0.05) is 19.1 Å². The Morgan fingerprint density at radius 1 is 1.44 bits per heavy atom. The van der Waals surface area contributed by atoms with E-state index in [0.29, 0.717) is 13.2 Å². The Balaban J connectivity index is 2.56. The average molecular weight is 257 g/mol. The first-order valence-corrected chi connectivity index (χ1v) is 6.69. The Hall–Kier alpha value is -0.650. The van der Waals surface area contributed by atoms with Crippen LogP contribution in [0, 0.1) is 5.41 Å². The van der Waals surface area contributed by atoms with E-state index in [4.69, 9.17) is 10.5 Å². The summed E-state index contributed by atoms with van der Waals surface area (Å²) in [5.41, 5.74) is 5.46. The van der Waals surface area contributed by atoms with Crippen LogP contribution in [0.1, 0.15) is 20.3 Å². The van der Waals surface area contributed by atoms with Gasteiger partial charge in [-0.3, -0.25) is 4.79 Å². The van der Waals surface area contributed by atoms with Crippen molar-refractivity contribution >= 4 is 5.91 Å². The Morgan fingerprint density at radius 3 is 2.56 bits per heavy atom. The van der Waals surface area contributed by atoms with Crippen molar-refractivity contribution in [1.82, 2.24) is 9.80 Å². The van der Waals surface area contributed by atoms with Crippen molar-refractivity contribution in [1.29, 1.82) is 0 Å². The Morgan fingerprint density at radius 2 is 2.11 bits per heavy atom. The molecule has 1 rings (SSSR count). The van der Waals surface area contributed by atoms with Crippen molar-refractivity contribution in [3.63, 3.8) is 0 Å². The van der Waals surface area contributed by atoms with Gasteiger partial charge in [-0.2, -0.15) is 0 Å². The summed E-state index contributed by atoms with van der Waals surface area (Å²) in [4.78, 5) is 16.6. The number of ether oxygens (including phenoxy) is 1. The molecule has 0 aromatic heterocycles. The SMILES string of the molecule is CCN(CCCN(C)C)C(=O)C1(C)COCC1N. The molecule has 1 heterocycles. The zero-order chi connectivity index (χ0) is 13.8. The molecular formula is C13H27N3O2. The number of nitrogens with zero attached hydrogens (tertiary/aromatic N) is 2. The molecule has 0 aliphatic carbocycles. The van der Waals surface area contributed by atoms with Gasteiger partial charge in [-0.25, -0.2) is 0 Å². The summed E-state index contributed by atoms with van der Waals surface area (Å²) in [6.45, 7) is 7.36. The molecule has 1 amide bonds. The highest BCUT2D eigenvalue weighted by Crippen LogP contribution is 2.29. The maximum atomic E-state index is 12.5. The molecule has 2 atom stereocenters. The minimum atomic E-state index is -0.547. The normalized spacial score (nSPS) is 27.8. The largest absolute Gasteiger partial charge is 0.379 e. The first-order chi connectivity index (χ1) is 8.41. The van der Waals surface area contributed by atoms with Crippen LogP contribution in [0.25, 0.3) is 0 Å². The smallest absolute Gasteiger partial charge is 0.232 e. The fourth-order valence-electron chi connectivity index (χ4n) is 2.25. The highest BCUT2D eigenvalue weighted by atomic mass is 16.5. The second-order valence-electron chi connectivity index (χ2n) is 5.58. The molecule has 1 aliphatic rings. The Labute approximate surface area is 110 Å². The maximum Gasteiger partial charge on any atom is 0.232 e. The lowest BCUT2D eigenvalue weighted by Gasteiger charge is -2.32. The van der Waals surface area contributed by atoms with Crippen LogP contribution in [0.5, 0.6) is 0 Å². The van der Waals surface area contributed by atoms with E-state index in [1.807, 2.05) is 32.8 Å². The van der Waals surface area contributed by atoms with Gasteiger partial charge in [0.15, 0.2) is 0 Å². The quantitative estimate of drug-likeness (QED) is 0.736. The predicted molar refractivity (Wildman–Crippen MR) is 72.3 cm³/mol. The van der Waals surface area contributed by atoms with Crippen molar-refractivity contribution in [2.24, 2.45) is 11.1 Å². The van der Waals surface area contributed by atoms with E-state index in [2.05, 4.69) is 4.90 Å². The van der Waals surface area contributed by atoms with Crippen LogP contribution in [0.2, 0.25) is 0 Å². The van der Waals surface area contributed by atoms with Gasteiger partial charge in [0.05, 0.1) is 18.6 Å². The molecule has 5 nitrogen and oxygen atoms in total. The topological polar surface area (TPSA) is 58.8 Å². The number of carbonyl (C=O) groups excluding carboxylic acids is 1. The second-order valence-corrected chi connectivity index (χ2v) is 5.58. The molecule has 1 aliphatic heterocycles. The third kappa shape index (κ3) is 3.43. The van der Waals surface area contributed by atoms with E-state index in [1.165, 1.54) is 0 Å². The van der Waals surface area contributed by atoms with E-state index < -0.39 is 5.41 Å². The molecule has 1 saturated heterocycles. The summed E-state index contributed by atoms with van der Waals surface area (Å²) < 4.78 is 5.35. The highest BCUT2D eigenvalue weighted by Gasteiger charge is 2.45. The first-order valence-electron chi connectivity index (χ1n) is 6.69. The third-order valence-corrected chi connectivity index (χ3v) is 3.71. The molecule has 0 saturated carbocycles. The zero-order valence-corrected chi connectivity index (χ0v) is 12.1. The number of hydrogen-bond acceptors (Lipinski definition) is 4. The summed E-state index contributed by atoms with van der Waals surface area (Å²) in [5.74, 6) is 0.133. The summed E-state index contributed by atoms with van der Waals surface area (Å²) in [6, 6.07) is -0.187. The Kier molecular flexibility index (Phi) is 5.56. The van der Waals surface area contributed by atoms with Crippen LogP contribution in [0.3, 0.4) is 0 Å². The van der Waals surface area contributed by atoms with Crippen LogP contribution in [0.15, 0.2) is 0 Å². The van der Waals surface area contributed by atoms with Gasteiger partial charge in [0.1, 0.15) is 0 Å². The van der Waals surface area contributed by atoms with Gasteiger partial charge < -0.3 is 20.3 Å². The fraction of sp³-hybridized carbons (Fsp3) is 0.923. The molecular weight excluding hydrogens is 230 g/mol. The average Bonchev–Trinajstić information content (AvgIpc) is 2.65. The summed E-state index contributed by atoms with van der Waals surface area (Å²) in [6.07, 6.45) is 0.985. The van der Waals surface area contributed by atoms with Crippen LogP contribution in [-0.2, 0) is 9.53 Å². The molecule has 0 aromatic carbocycles. The molecule has 0 aromatic rings. The molecule has 0 spiro atoms. The molecule has 5 heteroatoms. The van der Waals surface area contributed by atoms with E-state index in [9.17, 15) is 4.79 Å². The van der Waals surface area contributed by atoms with Crippen LogP contribution < -0.4 is 5.73 Å². The minimum absolute atomic E-state index is 0.133. The van der Waals surface area contributed by atoms with Gasteiger partial charge in [-0.15, -0.1) is 0 Å². The Bertz CT molecular complexity index is 283. The number of hydrogen-bond donors (Lipinski definition) is 1. The van der Waals surface area contributed by atoms with Crippen LogP contribution >= 0.6 is 0 Å². The number of rotatable bonds is 6. The maximum absolute atomic E-state index is 12.5. The van der Waals surface area contributed by atoms with Crippen molar-refractivity contribution in [3.05, 3.63) is 0 Å². The lowest BCUT2D eigenvalue weighted by Crippen LogP contribution is -2.51. The van der Waals surface area contributed by atoms with Gasteiger partial charge >= 0.3 is 0 Å². The van der Waals surface area contributed by atoms with Gasteiger partial charge in [-0.05, 0) is 40.9 Å². The molecule has 18 heavy (non-hydrogen) atoms. The van der Waals surface area contributed by atoms with Crippen LogP contribution in [-0.4, -0.2) is 68.7 Å². The highest BCUT2D eigenvalue weighted by molar-refractivity contribution is 5.83. The summed E-state index contributed by atoms with van der Waals surface area (Å²) in [5, 5.41) is 0. The molecule has 2 N–H and O–H groups in total. The molecule has 1 fully saturated rings. The van der Waals surface area contributed by atoms with Gasteiger partial charge in [0.2, 0.25) is 5.91 Å². The van der Waals surface area contributed by atoms with Gasteiger partial charge in [-0.1, -0.05) is 0 Å². The monoisotopic (exact) mass is 257 g/mol. The number of amides is 1. The summed E-state index contributed by atoms with van der Waals surface area (Å²) in [7, 11) is 4.08. The number of carbonyl (C=O) groups is 1. The van der Waals surface area contributed by atoms with E-state index in [1.54, 1.807) is 0 Å². The standard InChI is InChI=1S/C13H27N3O2/c1-5-16(8-6-7-15(3)4)12(17)13(2)10-18-9-11(13)14/h11H,5-10,14H2,1-4H3. The summed E-state index contributed by atoms with van der Waals surface area (Å²) >= 11 is 0. The van der Waals surface area contributed by atoms with Crippen molar-refractivity contribution in [2.45, 2.75) is 26.3 Å². The predicted octanol–water partition coefficient (Wildman–Crippen LogP) is 0.150. The van der Waals surface area contributed by atoms with E-state index >= 15 is 0 Å². The number of nitrogens with two attached hydrogens (primary N) is 1. The van der Waals surface area contributed by atoms with Crippen LogP contribution in [0.4, 0.5) is 0 Å². The lowest BCUT2D eigenvalue weighted by atomic mass is 9.84. The van der Waals surface area contributed by atoms with Crippen molar-refractivity contribution < 1.29 is 9.53 Å². The second kappa shape index (κ2) is 6.50. The molecule has 106 valence electrons. The minimum Gasteiger partial charge on any atom is -0.379 e. The van der Waals surface area contributed by atoms with Gasteiger partial charge in [0.25, 0.3) is 0 Å². The zero-order valence-electron chi connectivity index (χ0n) is 12.1. The molecule has 0 radical (unpaired) electrons. The van der Waals surface area contributed by atoms with Crippen molar-refractivity contribution in [3.8, 4) is 0 Å². The van der Waals surface area contributed by atoms with Crippen molar-refractivity contribution in [2.75, 3.05) is 46.9 Å². The lowest BCUT2D eigenvalue weighted by molar-refractivity contribution is -0.141. The fourth-order valence-corrected chi connectivity index (χ4v) is 2.25. The third-order valence-electron chi connectivity index (χ3n) is 3.71. The molecule has 2 unspecified atom stereocenters. The van der Waals surface area contributed by atoms with E-state index in [0.717, 1.165) is 26.1 Å². The van der Waals surface area contributed by atoms with E-state index in [-0.39, 0.29) is 11.9 Å². The first kappa shape index (κ1) is 15.4. The molecule has 0 bridgehead atoms.